The molecule has 2 rings (SSSR count). The smallest absolute Gasteiger partial charge is 0.258 e. The van der Waals surface area contributed by atoms with Crippen molar-refractivity contribution in [3.05, 3.63) is 22.3 Å². The number of aromatic nitrogens is 1. The summed E-state index contributed by atoms with van der Waals surface area (Å²) in [4.78, 5) is 18.6. The predicted molar refractivity (Wildman–Crippen MR) is 74.1 cm³/mol. The number of hydrogen-bond acceptors (Lipinski definition) is 4. The highest BCUT2D eigenvalue weighted by Crippen LogP contribution is 2.31. The van der Waals surface area contributed by atoms with E-state index in [-0.39, 0.29) is 11.4 Å². The van der Waals surface area contributed by atoms with Crippen molar-refractivity contribution >= 4 is 27.7 Å². The number of hydrogen-bond donors (Lipinski definition) is 2. The van der Waals surface area contributed by atoms with Gasteiger partial charge in [-0.05, 0) is 48.7 Å². The molecule has 5 nitrogen and oxygen atoms in total. The molecule has 0 aliphatic carbocycles. The minimum Gasteiger partial charge on any atom is -0.333 e. The fourth-order valence-corrected chi connectivity index (χ4v) is 2.68. The number of nitrogen functional groups attached to an aromatic ring is 1. The Kier molecular flexibility index (Phi) is 3.59. The summed E-state index contributed by atoms with van der Waals surface area (Å²) in [6.45, 7) is 4.94. The first kappa shape index (κ1) is 13.3. The molecule has 18 heavy (non-hydrogen) atoms. The van der Waals surface area contributed by atoms with Crippen LogP contribution >= 0.6 is 15.9 Å². The molecular weight excluding hydrogens is 296 g/mol. The zero-order valence-electron chi connectivity index (χ0n) is 10.5. The number of carbonyl (C=O) groups is 1. The predicted octanol–water partition coefficient (Wildman–Crippen LogP) is 2.14. The second-order valence-electron chi connectivity index (χ2n) is 5.07. The van der Waals surface area contributed by atoms with Gasteiger partial charge in [-0.1, -0.05) is 0 Å². The highest BCUT2D eigenvalue weighted by molar-refractivity contribution is 9.10. The number of pyridine rings is 1. The molecule has 0 bridgehead atoms. The number of carbonyl (C=O) groups excluding carboxylic acids is 1. The summed E-state index contributed by atoms with van der Waals surface area (Å²) in [5.74, 6) is 5.79. The monoisotopic (exact) mass is 312 g/mol. The highest BCUT2D eigenvalue weighted by Gasteiger charge is 2.36. The molecule has 2 heterocycles. The molecule has 0 radical (unpaired) electrons. The lowest BCUT2D eigenvalue weighted by molar-refractivity contribution is 0.0652. The van der Waals surface area contributed by atoms with Crippen LogP contribution in [0.2, 0.25) is 0 Å². The molecular formula is C12H17BrN4O. The third-order valence-electron chi connectivity index (χ3n) is 3.37. The topological polar surface area (TPSA) is 71.2 Å². The van der Waals surface area contributed by atoms with E-state index in [4.69, 9.17) is 5.84 Å². The summed E-state index contributed by atoms with van der Waals surface area (Å²) in [6.07, 6.45) is 3.66. The summed E-state index contributed by atoms with van der Waals surface area (Å²) in [5.41, 5.74) is 2.87. The molecule has 98 valence electrons. The van der Waals surface area contributed by atoms with E-state index in [1.165, 1.54) is 0 Å². The van der Waals surface area contributed by atoms with E-state index >= 15 is 0 Å². The number of nitrogens with two attached hydrogens (primary N) is 1. The minimum absolute atomic E-state index is 0.0285. The molecule has 1 fully saturated rings. The van der Waals surface area contributed by atoms with Crippen LogP contribution in [0.5, 0.6) is 0 Å². The number of halogens is 1. The van der Waals surface area contributed by atoms with Crippen LogP contribution in [0.25, 0.3) is 0 Å². The van der Waals surface area contributed by atoms with Crippen LogP contribution in [0.3, 0.4) is 0 Å². The van der Waals surface area contributed by atoms with Gasteiger partial charge in [-0.3, -0.25) is 4.79 Å². The van der Waals surface area contributed by atoms with Gasteiger partial charge in [-0.15, -0.1) is 0 Å². The molecule has 1 aliphatic rings. The molecule has 1 saturated heterocycles. The molecule has 0 saturated carbocycles. The van der Waals surface area contributed by atoms with Crippen molar-refractivity contribution in [1.82, 2.24) is 9.88 Å². The van der Waals surface area contributed by atoms with Crippen LogP contribution in [0.4, 0.5) is 5.82 Å². The molecule has 0 atom stereocenters. The van der Waals surface area contributed by atoms with Crippen LogP contribution in [-0.4, -0.2) is 27.9 Å². The Bertz CT molecular complexity index is 475. The molecule has 6 heteroatoms. The van der Waals surface area contributed by atoms with Gasteiger partial charge in [0.1, 0.15) is 0 Å². The Morgan fingerprint density at radius 1 is 1.61 bits per heavy atom. The van der Waals surface area contributed by atoms with Crippen LogP contribution in [-0.2, 0) is 0 Å². The summed E-state index contributed by atoms with van der Waals surface area (Å²) in [5, 5.41) is 0. The van der Waals surface area contributed by atoms with Gasteiger partial charge in [-0.2, -0.15) is 0 Å². The number of nitrogens with one attached hydrogen (secondary N) is 1. The molecule has 0 aromatic carbocycles. The first-order chi connectivity index (χ1) is 8.45. The van der Waals surface area contributed by atoms with Crippen molar-refractivity contribution in [2.45, 2.75) is 32.2 Å². The summed E-state index contributed by atoms with van der Waals surface area (Å²) in [6, 6.07) is 1.75. The van der Waals surface area contributed by atoms with Crippen molar-refractivity contribution < 1.29 is 4.79 Å². The van der Waals surface area contributed by atoms with Crippen molar-refractivity contribution in [3.63, 3.8) is 0 Å². The Morgan fingerprint density at radius 3 is 2.89 bits per heavy atom. The largest absolute Gasteiger partial charge is 0.333 e. The number of amides is 1. The van der Waals surface area contributed by atoms with Gasteiger partial charge >= 0.3 is 0 Å². The molecule has 1 aromatic rings. The highest BCUT2D eigenvalue weighted by atomic mass is 79.9. The lowest BCUT2D eigenvalue weighted by Crippen LogP contribution is -2.43. The van der Waals surface area contributed by atoms with E-state index in [0.717, 1.165) is 23.9 Å². The maximum Gasteiger partial charge on any atom is 0.258 e. The van der Waals surface area contributed by atoms with Gasteiger partial charge in [0.05, 0.1) is 5.56 Å². The van der Waals surface area contributed by atoms with Crippen LogP contribution in [0.15, 0.2) is 16.7 Å². The van der Waals surface area contributed by atoms with E-state index in [2.05, 4.69) is 40.2 Å². The van der Waals surface area contributed by atoms with Crippen molar-refractivity contribution in [1.29, 1.82) is 0 Å². The lowest BCUT2D eigenvalue weighted by Gasteiger charge is -2.32. The fraction of sp³-hybridized carbons (Fsp3) is 0.500. The van der Waals surface area contributed by atoms with Crippen LogP contribution in [0, 0.1) is 0 Å². The summed E-state index contributed by atoms with van der Waals surface area (Å²) in [7, 11) is 0. The molecule has 1 aromatic heterocycles. The Morgan fingerprint density at radius 2 is 2.33 bits per heavy atom. The quantitative estimate of drug-likeness (QED) is 0.648. The molecule has 1 amide bonds. The average Bonchev–Trinajstić information content (AvgIpc) is 2.68. The first-order valence-corrected chi connectivity index (χ1v) is 6.69. The Balaban J connectivity index is 2.37. The number of nitrogens with zero attached hydrogens (tertiary/aromatic N) is 2. The van der Waals surface area contributed by atoms with Gasteiger partial charge in [0, 0.05) is 22.8 Å². The standard InChI is InChI=1S/C12H17BrN4O/c1-12(2)4-3-5-17(12)11(18)9-6-8(13)7-15-10(9)16-14/h6-7H,3-5,14H2,1-2H3,(H,15,16). The van der Waals surface area contributed by atoms with E-state index in [1.54, 1.807) is 12.3 Å². The molecule has 0 spiro atoms. The molecule has 3 N–H and O–H groups in total. The molecule has 1 aliphatic heterocycles. The zero-order chi connectivity index (χ0) is 13.3. The number of anilines is 1. The molecule has 0 unspecified atom stereocenters. The van der Waals surface area contributed by atoms with Crippen molar-refractivity contribution in [2.24, 2.45) is 5.84 Å². The SMILES string of the molecule is CC1(C)CCCN1C(=O)c1cc(Br)cnc1NN. The van der Waals surface area contributed by atoms with Crippen LogP contribution in [0.1, 0.15) is 37.0 Å². The normalized spacial score (nSPS) is 17.9. The summed E-state index contributed by atoms with van der Waals surface area (Å²) >= 11 is 3.33. The lowest BCUT2D eigenvalue weighted by atomic mass is 10.0. The number of likely N-dealkylation sites (tertiary alicyclic amines) is 1. The minimum atomic E-state index is -0.106. The number of rotatable bonds is 2. The van der Waals surface area contributed by atoms with Gasteiger partial charge < -0.3 is 10.3 Å². The van der Waals surface area contributed by atoms with Crippen molar-refractivity contribution in [2.75, 3.05) is 12.0 Å². The second kappa shape index (κ2) is 4.85. The second-order valence-corrected chi connectivity index (χ2v) is 5.98. The Labute approximate surface area is 115 Å². The third kappa shape index (κ3) is 2.35. The van der Waals surface area contributed by atoms with Crippen molar-refractivity contribution in [3.8, 4) is 0 Å². The van der Waals surface area contributed by atoms with E-state index in [1.807, 2.05) is 4.90 Å². The first-order valence-electron chi connectivity index (χ1n) is 5.90. The maximum atomic E-state index is 12.6. The van der Waals surface area contributed by atoms with Crippen LogP contribution < -0.4 is 11.3 Å². The van der Waals surface area contributed by atoms with Gasteiger partial charge in [0.25, 0.3) is 5.91 Å². The zero-order valence-corrected chi connectivity index (χ0v) is 12.1. The average molecular weight is 313 g/mol. The Hall–Kier alpha value is -1.14. The van der Waals surface area contributed by atoms with E-state index < -0.39 is 0 Å². The van der Waals surface area contributed by atoms with E-state index in [9.17, 15) is 4.79 Å². The number of hydrazine groups is 1. The van der Waals surface area contributed by atoms with Gasteiger partial charge in [-0.25, -0.2) is 10.8 Å². The van der Waals surface area contributed by atoms with Gasteiger partial charge in [0.2, 0.25) is 0 Å². The summed E-state index contributed by atoms with van der Waals surface area (Å²) < 4.78 is 0.766. The fourth-order valence-electron chi connectivity index (χ4n) is 2.35. The maximum absolute atomic E-state index is 12.6. The third-order valence-corrected chi connectivity index (χ3v) is 3.80. The van der Waals surface area contributed by atoms with Gasteiger partial charge in [0.15, 0.2) is 5.82 Å². The van der Waals surface area contributed by atoms with E-state index in [0.29, 0.717) is 11.4 Å².